The second kappa shape index (κ2) is 7.74. The third-order valence-corrected chi connectivity index (χ3v) is 4.09. The zero-order valence-electron chi connectivity index (χ0n) is 14.5. The first-order chi connectivity index (χ1) is 13.3. The van der Waals surface area contributed by atoms with Crippen LogP contribution in [0.2, 0.25) is 0 Å². The van der Waals surface area contributed by atoms with Crippen LogP contribution in [0.1, 0.15) is 5.56 Å². The van der Waals surface area contributed by atoms with E-state index < -0.39 is 5.97 Å². The minimum absolute atomic E-state index is 0.169. The molecule has 4 rings (SSSR count). The SMILES string of the molecule is O=C(COc1ccc2c(-c3ccccc3)noc2c1)OCc1ccccc1. The van der Waals surface area contributed by atoms with Crippen LogP contribution in [0.5, 0.6) is 5.75 Å². The quantitative estimate of drug-likeness (QED) is 0.470. The molecule has 0 N–H and O–H groups in total. The molecular formula is C22H17NO4. The van der Waals surface area contributed by atoms with Gasteiger partial charge in [0.2, 0.25) is 0 Å². The summed E-state index contributed by atoms with van der Waals surface area (Å²) in [5.41, 5.74) is 3.29. The lowest BCUT2D eigenvalue weighted by Crippen LogP contribution is -2.14. The van der Waals surface area contributed by atoms with Crippen molar-refractivity contribution in [1.82, 2.24) is 5.16 Å². The van der Waals surface area contributed by atoms with Crippen LogP contribution in [-0.2, 0) is 16.1 Å². The van der Waals surface area contributed by atoms with Gasteiger partial charge in [-0.3, -0.25) is 0 Å². The van der Waals surface area contributed by atoms with E-state index >= 15 is 0 Å². The van der Waals surface area contributed by atoms with E-state index in [-0.39, 0.29) is 13.2 Å². The second-order valence-corrected chi connectivity index (χ2v) is 5.99. The first-order valence-electron chi connectivity index (χ1n) is 8.57. The summed E-state index contributed by atoms with van der Waals surface area (Å²) in [4.78, 5) is 11.9. The number of benzene rings is 3. The molecule has 5 heteroatoms. The Bertz CT molecular complexity index is 1040. The van der Waals surface area contributed by atoms with Crippen LogP contribution < -0.4 is 4.74 Å². The predicted molar refractivity (Wildman–Crippen MR) is 101 cm³/mol. The molecule has 27 heavy (non-hydrogen) atoms. The average molecular weight is 359 g/mol. The largest absolute Gasteiger partial charge is 0.482 e. The Kier molecular flexibility index (Phi) is 4.83. The number of carbonyl (C=O) groups excluding carboxylic acids is 1. The number of fused-ring (bicyclic) bond motifs is 1. The molecule has 4 aromatic rings. The Hall–Kier alpha value is -3.60. The summed E-state index contributed by atoms with van der Waals surface area (Å²) in [5.74, 6) is 0.0939. The number of hydrogen-bond donors (Lipinski definition) is 0. The predicted octanol–water partition coefficient (Wildman–Crippen LogP) is 4.62. The Morgan fingerprint density at radius 1 is 0.926 bits per heavy atom. The number of hydrogen-bond acceptors (Lipinski definition) is 5. The number of ether oxygens (including phenoxy) is 2. The Labute approximate surface area is 156 Å². The van der Waals surface area contributed by atoms with Crippen molar-refractivity contribution in [3.8, 4) is 17.0 Å². The highest BCUT2D eigenvalue weighted by Crippen LogP contribution is 2.30. The Morgan fingerprint density at radius 3 is 2.44 bits per heavy atom. The summed E-state index contributed by atoms with van der Waals surface area (Å²) in [5, 5.41) is 5.03. The van der Waals surface area contributed by atoms with Crippen LogP contribution in [0.25, 0.3) is 22.2 Å². The van der Waals surface area contributed by atoms with Gasteiger partial charge >= 0.3 is 5.97 Å². The maximum Gasteiger partial charge on any atom is 0.344 e. The van der Waals surface area contributed by atoms with Crippen molar-refractivity contribution in [2.45, 2.75) is 6.61 Å². The zero-order chi connectivity index (χ0) is 18.5. The van der Waals surface area contributed by atoms with E-state index in [2.05, 4.69) is 5.16 Å². The topological polar surface area (TPSA) is 61.6 Å². The molecule has 0 radical (unpaired) electrons. The summed E-state index contributed by atoms with van der Waals surface area (Å²) in [6, 6.07) is 24.7. The van der Waals surface area contributed by atoms with Crippen molar-refractivity contribution >= 4 is 16.9 Å². The highest BCUT2D eigenvalue weighted by Gasteiger charge is 2.12. The van der Waals surface area contributed by atoms with Gasteiger partial charge in [0.05, 0.1) is 0 Å². The smallest absolute Gasteiger partial charge is 0.344 e. The van der Waals surface area contributed by atoms with Crippen LogP contribution in [0.15, 0.2) is 83.4 Å². The summed E-state index contributed by atoms with van der Waals surface area (Å²) in [6.07, 6.45) is 0. The van der Waals surface area contributed by atoms with Crippen molar-refractivity contribution in [2.24, 2.45) is 0 Å². The van der Waals surface area contributed by atoms with Crippen molar-refractivity contribution < 1.29 is 18.8 Å². The molecular weight excluding hydrogens is 342 g/mol. The summed E-state index contributed by atoms with van der Waals surface area (Å²) < 4.78 is 16.1. The van der Waals surface area contributed by atoms with Crippen LogP contribution in [0.3, 0.4) is 0 Å². The highest BCUT2D eigenvalue weighted by atomic mass is 16.6. The van der Waals surface area contributed by atoms with Gasteiger partial charge in [-0.15, -0.1) is 0 Å². The molecule has 0 fully saturated rings. The number of esters is 1. The first-order valence-corrected chi connectivity index (χ1v) is 8.57. The summed E-state index contributed by atoms with van der Waals surface area (Å²) in [6.45, 7) is 0.0582. The van der Waals surface area contributed by atoms with Gasteiger partial charge in [-0.2, -0.15) is 0 Å². The monoisotopic (exact) mass is 359 g/mol. The fraction of sp³-hybridized carbons (Fsp3) is 0.0909. The molecule has 0 spiro atoms. The van der Waals surface area contributed by atoms with Gasteiger partial charge in [0.15, 0.2) is 12.2 Å². The lowest BCUT2D eigenvalue weighted by molar-refractivity contribution is -0.147. The van der Waals surface area contributed by atoms with Crippen LogP contribution in [-0.4, -0.2) is 17.7 Å². The van der Waals surface area contributed by atoms with E-state index in [9.17, 15) is 4.79 Å². The van der Waals surface area contributed by atoms with Gasteiger partial charge in [-0.25, -0.2) is 4.79 Å². The van der Waals surface area contributed by atoms with E-state index in [0.29, 0.717) is 11.3 Å². The Balaban J connectivity index is 1.39. The van der Waals surface area contributed by atoms with Gasteiger partial charge in [-0.1, -0.05) is 65.8 Å². The van der Waals surface area contributed by atoms with Crippen LogP contribution in [0, 0.1) is 0 Å². The number of nitrogens with zero attached hydrogens (tertiary/aromatic N) is 1. The third-order valence-electron chi connectivity index (χ3n) is 4.09. The highest BCUT2D eigenvalue weighted by molar-refractivity contribution is 5.92. The van der Waals surface area contributed by atoms with Crippen molar-refractivity contribution in [3.63, 3.8) is 0 Å². The normalized spacial score (nSPS) is 10.7. The number of carbonyl (C=O) groups is 1. The molecule has 1 heterocycles. The third kappa shape index (κ3) is 3.98. The summed E-state index contributed by atoms with van der Waals surface area (Å²) >= 11 is 0. The molecule has 0 amide bonds. The van der Waals surface area contributed by atoms with Gasteiger partial charge < -0.3 is 14.0 Å². The van der Waals surface area contributed by atoms with Crippen molar-refractivity contribution in [2.75, 3.05) is 6.61 Å². The molecule has 0 aliphatic rings. The maximum atomic E-state index is 11.9. The first kappa shape index (κ1) is 16.8. The summed E-state index contributed by atoms with van der Waals surface area (Å²) in [7, 11) is 0. The number of rotatable bonds is 6. The van der Waals surface area contributed by atoms with Crippen molar-refractivity contribution in [1.29, 1.82) is 0 Å². The molecule has 3 aromatic carbocycles. The fourth-order valence-electron chi connectivity index (χ4n) is 2.73. The van der Waals surface area contributed by atoms with E-state index in [4.69, 9.17) is 14.0 Å². The van der Waals surface area contributed by atoms with E-state index in [0.717, 1.165) is 22.2 Å². The molecule has 134 valence electrons. The lowest BCUT2D eigenvalue weighted by atomic mass is 10.1. The van der Waals surface area contributed by atoms with Crippen LogP contribution in [0.4, 0.5) is 0 Å². The van der Waals surface area contributed by atoms with Crippen molar-refractivity contribution in [3.05, 3.63) is 84.4 Å². The minimum Gasteiger partial charge on any atom is -0.482 e. The minimum atomic E-state index is -0.429. The van der Waals surface area contributed by atoms with Gasteiger partial charge in [0.25, 0.3) is 0 Å². The average Bonchev–Trinajstić information content (AvgIpc) is 3.15. The van der Waals surface area contributed by atoms with Gasteiger partial charge in [0, 0.05) is 17.0 Å². The molecule has 0 bridgehead atoms. The molecule has 0 saturated carbocycles. The molecule has 0 unspecified atom stereocenters. The molecule has 5 nitrogen and oxygen atoms in total. The molecule has 1 aromatic heterocycles. The van der Waals surface area contributed by atoms with E-state index in [1.54, 1.807) is 12.1 Å². The molecule has 0 aliphatic heterocycles. The Morgan fingerprint density at radius 2 is 1.67 bits per heavy atom. The number of aromatic nitrogens is 1. The van der Waals surface area contributed by atoms with Gasteiger partial charge in [-0.05, 0) is 17.7 Å². The zero-order valence-corrected chi connectivity index (χ0v) is 14.5. The molecule has 0 atom stereocenters. The second-order valence-electron chi connectivity index (χ2n) is 5.99. The van der Waals surface area contributed by atoms with E-state index in [1.165, 1.54) is 0 Å². The standard InChI is InChI=1S/C22H17NO4/c24-21(26-14-16-7-3-1-4-8-16)15-25-18-11-12-19-20(13-18)27-23-22(19)17-9-5-2-6-10-17/h1-13H,14-15H2. The van der Waals surface area contributed by atoms with E-state index in [1.807, 2.05) is 66.7 Å². The van der Waals surface area contributed by atoms with Crippen LogP contribution >= 0.6 is 0 Å². The maximum absolute atomic E-state index is 11.9. The fourth-order valence-corrected chi connectivity index (χ4v) is 2.73. The van der Waals surface area contributed by atoms with Gasteiger partial charge in [0.1, 0.15) is 18.1 Å². The lowest BCUT2D eigenvalue weighted by Gasteiger charge is -2.07. The molecule has 0 aliphatic carbocycles. The molecule has 0 saturated heterocycles.